The van der Waals surface area contributed by atoms with Gasteiger partial charge in [-0.25, -0.2) is 5.43 Å². The van der Waals surface area contributed by atoms with Crippen LogP contribution < -0.4 is 25.5 Å². The minimum absolute atomic E-state index is 0.0169. The van der Waals surface area contributed by atoms with Crippen LogP contribution in [0, 0.1) is 0 Å². The molecule has 2 rings (SSSR count). The Hall–Kier alpha value is -3.88. The molecule has 0 bridgehead atoms. The van der Waals surface area contributed by atoms with Gasteiger partial charge in [0, 0.05) is 30.0 Å². The molecule has 0 heterocycles. The SMILES string of the molecule is COc1ccc(NC(=O)C/C(C)=N/NC(=O)c2ccc(NC(C)=O)cc2)c(OC)c1. The van der Waals surface area contributed by atoms with Gasteiger partial charge < -0.3 is 20.1 Å². The zero-order chi connectivity index (χ0) is 22.1. The van der Waals surface area contributed by atoms with Gasteiger partial charge in [-0.05, 0) is 43.3 Å². The summed E-state index contributed by atoms with van der Waals surface area (Å²) in [6, 6.07) is 11.4. The maximum absolute atomic E-state index is 12.3. The highest BCUT2D eigenvalue weighted by Crippen LogP contribution is 2.29. The zero-order valence-corrected chi connectivity index (χ0v) is 17.2. The molecule has 3 N–H and O–H groups in total. The molecule has 0 aliphatic heterocycles. The summed E-state index contributed by atoms with van der Waals surface area (Å²) >= 11 is 0. The quantitative estimate of drug-likeness (QED) is 0.455. The second kappa shape index (κ2) is 10.6. The number of nitrogens with zero attached hydrogens (tertiary/aromatic N) is 1. The molecule has 0 saturated carbocycles. The lowest BCUT2D eigenvalue weighted by Crippen LogP contribution is -2.21. The first-order chi connectivity index (χ1) is 14.3. The Morgan fingerprint density at radius 1 is 0.933 bits per heavy atom. The number of nitrogens with one attached hydrogen (secondary N) is 3. The van der Waals surface area contributed by atoms with Gasteiger partial charge in [0.15, 0.2) is 0 Å². The fourth-order valence-electron chi connectivity index (χ4n) is 2.49. The maximum Gasteiger partial charge on any atom is 0.271 e. The highest BCUT2D eigenvalue weighted by molar-refractivity contribution is 6.06. The van der Waals surface area contributed by atoms with E-state index in [2.05, 4.69) is 21.2 Å². The zero-order valence-electron chi connectivity index (χ0n) is 17.2. The van der Waals surface area contributed by atoms with Crippen LogP contribution in [0.2, 0.25) is 0 Å². The molecule has 0 atom stereocenters. The Bertz CT molecular complexity index is 954. The molecular formula is C21H24N4O5. The van der Waals surface area contributed by atoms with E-state index < -0.39 is 5.91 Å². The lowest BCUT2D eigenvalue weighted by molar-refractivity contribution is -0.115. The summed E-state index contributed by atoms with van der Waals surface area (Å²) in [6.45, 7) is 3.03. The third kappa shape index (κ3) is 6.62. The number of hydrogen-bond donors (Lipinski definition) is 3. The van der Waals surface area contributed by atoms with Crippen LogP contribution in [-0.4, -0.2) is 37.7 Å². The van der Waals surface area contributed by atoms with E-state index >= 15 is 0 Å². The van der Waals surface area contributed by atoms with Crippen LogP contribution >= 0.6 is 0 Å². The first kappa shape index (κ1) is 22.4. The number of methoxy groups -OCH3 is 2. The molecule has 0 aliphatic rings. The first-order valence-electron chi connectivity index (χ1n) is 9.05. The topological polar surface area (TPSA) is 118 Å². The number of carbonyl (C=O) groups excluding carboxylic acids is 3. The number of rotatable bonds is 8. The highest BCUT2D eigenvalue weighted by Gasteiger charge is 2.11. The number of benzene rings is 2. The summed E-state index contributed by atoms with van der Waals surface area (Å²) in [7, 11) is 3.04. The average Bonchev–Trinajstić information content (AvgIpc) is 2.72. The van der Waals surface area contributed by atoms with Crippen molar-refractivity contribution in [2.24, 2.45) is 5.10 Å². The van der Waals surface area contributed by atoms with E-state index in [0.29, 0.717) is 34.1 Å². The number of anilines is 2. The summed E-state index contributed by atoms with van der Waals surface area (Å²) in [5.74, 6) is 0.135. The molecule has 0 spiro atoms. The normalized spacial score (nSPS) is 10.7. The van der Waals surface area contributed by atoms with Crippen molar-refractivity contribution in [3.05, 3.63) is 48.0 Å². The predicted octanol–water partition coefficient (Wildman–Crippen LogP) is 2.80. The van der Waals surface area contributed by atoms with E-state index in [0.717, 1.165) is 0 Å². The molecule has 158 valence electrons. The van der Waals surface area contributed by atoms with Gasteiger partial charge in [-0.2, -0.15) is 5.10 Å². The molecular weight excluding hydrogens is 388 g/mol. The highest BCUT2D eigenvalue weighted by atomic mass is 16.5. The second-order valence-corrected chi connectivity index (χ2v) is 6.34. The van der Waals surface area contributed by atoms with Crippen LogP contribution in [0.5, 0.6) is 11.5 Å². The van der Waals surface area contributed by atoms with Crippen LogP contribution in [0.4, 0.5) is 11.4 Å². The van der Waals surface area contributed by atoms with Gasteiger partial charge in [0.2, 0.25) is 11.8 Å². The van der Waals surface area contributed by atoms with Crippen molar-refractivity contribution in [1.82, 2.24) is 5.43 Å². The lowest BCUT2D eigenvalue weighted by Gasteiger charge is -2.11. The smallest absolute Gasteiger partial charge is 0.271 e. The van der Waals surface area contributed by atoms with E-state index in [-0.39, 0.29) is 18.2 Å². The van der Waals surface area contributed by atoms with E-state index in [1.165, 1.54) is 14.0 Å². The van der Waals surface area contributed by atoms with Crippen LogP contribution in [0.1, 0.15) is 30.6 Å². The second-order valence-electron chi connectivity index (χ2n) is 6.34. The van der Waals surface area contributed by atoms with Gasteiger partial charge in [0.1, 0.15) is 11.5 Å². The van der Waals surface area contributed by atoms with Gasteiger partial charge >= 0.3 is 0 Å². The van der Waals surface area contributed by atoms with Crippen LogP contribution in [-0.2, 0) is 9.59 Å². The average molecular weight is 412 g/mol. The van der Waals surface area contributed by atoms with Crippen molar-refractivity contribution in [2.45, 2.75) is 20.3 Å². The van der Waals surface area contributed by atoms with Gasteiger partial charge in [-0.15, -0.1) is 0 Å². The first-order valence-corrected chi connectivity index (χ1v) is 9.05. The Morgan fingerprint density at radius 2 is 1.63 bits per heavy atom. The molecule has 0 unspecified atom stereocenters. The molecule has 30 heavy (non-hydrogen) atoms. The summed E-state index contributed by atoms with van der Waals surface area (Å²) in [5.41, 5.74) is 4.28. The molecule has 2 aromatic carbocycles. The van der Waals surface area contributed by atoms with E-state index in [1.54, 1.807) is 56.5 Å². The number of amides is 3. The van der Waals surface area contributed by atoms with Crippen molar-refractivity contribution < 1.29 is 23.9 Å². The Morgan fingerprint density at radius 3 is 2.23 bits per heavy atom. The van der Waals surface area contributed by atoms with Crippen molar-refractivity contribution >= 4 is 34.8 Å². The fourth-order valence-corrected chi connectivity index (χ4v) is 2.49. The van der Waals surface area contributed by atoms with E-state index in [1.807, 2.05) is 0 Å². The summed E-state index contributed by atoms with van der Waals surface area (Å²) in [6.07, 6.45) is -0.0169. The monoisotopic (exact) mass is 412 g/mol. The molecule has 9 heteroatoms. The van der Waals surface area contributed by atoms with Crippen molar-refractivity contribution in [3.63, 3.8) is 0 Å². The minimum atomic E-state index is -0.430. The molecule has 0 radical (unpaired) electrons. The molecule has 0 fully saturated rings. The number of hydrogen-bond acceptors (Lipinski definition) is 6. The van der Waals surface area contributed by atoms with Gasteiger partial charge in [0.05, 0.1) is 26.3 Å². The molecule has 0 aliphatic carbocycles. The summed E-state index contributed by atoms with van der Waals surface area (Å²) < 4.78 is 10.4. The van der Waals surface area contributed by atoms with Crippen molar-refractivity contribution in [2.75, 3.05) is 24.9 Å². The van der Waals surface area contributed by atoms with Crippen molar-refractivity contribution in [1.29, 1.82) is 0 Å². The van der Waals surface area contributed by atoms with Crippen LogP contribution in [0.15, 0.2) is 47.6 Å². The van der Waals surface area contributed by atoms with Gasteiger partial charge in [-0.1, -0.05) is 0 Å². The standard InChI is InChI=1S/C21H24N4O5/c1-13(11-20(27)23-18-10-9-17(29-3)12-19(18)30-4)24-25-21(28)15-5-7-16(8-6-15)22-14(2)26/h5-10,12H,11H2,1-4H3,(H,22,26)(H,23,27)(H,25,28)/b24-13+. The molecule has 9 nitrogen and oxygen atoms in total. The minimum Gasteiger partial charge on any atom is -0.497 e. The Kier molecular flexibility index (Phi) is 7.92. The van der Waals surface area contributed by atoms with Crippen LogP contribution in [0.3, 0.4) is 0 Å². The molecule has 3 amide bonds. The van der Waals surface area contributed by atoms with Crippen LogP contribution in [0.25, 0.3) is 0 Å². The van der Waals surface area contributed by atoms with E-state index in [4.69, 9.17) is 9.47 Å². The number of hydrazone groups is 1. The maximum atomic E-state index is 12.3. The summed E-state index contributed by atoms with van der Waals surface area (Å²) in [5, 5.41) is 9.31. The van der Waals surface area contributed by atoms with Gasteiger partial charge in [0.25, 0.3) is 5.91 Å². The summed E-state index contributed by atoms with van der Waals surface area (Å²) in [4.78, 5) is 35.5. The largest absolute Gasteiger partial charge is 0.497 e. The number of ether oxygens (including phenoxy) is 2. The van der Waals surface area contributed by atoms with Crippen molar-refractivity contribution in [3.8, 4) is 11.5 Å². The Labute approximate surface area is 174 Å². The predicted molar refractivity (Wildman–Crippen MR) is 114 cm³/mol. The molecule has 2 aromatic rings. The lowest BCUT2D eigenvalue weighted by atomic mass is 10.2. The Balaban J connectivity index is 1.92. The van der Waals surface area contributed by atoms with Gasteiger partial charge in [-0.3, -0.25) is 14.4 Å². The van der Waals surface area contributed by atoms with E-state index in [9.17, 15) is 14.4 Å². The number of carbonyl (C=O) groups is 3. The third-order valence-corrected chi connectivity index (χ3v) is 3.91. The molecule has 0 aromatic heterocycles. The molecule has 0 saturated heterocycles. The fraction of sp³-hybridized carbons (Fsp3) is 0.238. The third-order valence-electron chi connectivity index (χ3n) is 3.91.